The number of benzene rings is 1. The first-order valence-corrected chi connectivity index (χ1v) is 6.55. The SMILES string of the molecule is Cc1cnc(CNC2CCOc3ccccc32)cn1. The molecule has 2 heterocycles. The fourth-order valence-corrected chi connectivity index (χ4v) is 2.29. The van der Waals surface area contributed by atoms with Crippen LogP contribution in [0.15, 0.2) is 36.7 Å². The molecule has 3 rings (SSSR count). The average molecular weight is 255 g/mol. The van der Waals surface area contributed by atoms with Crippen molar-refractivity contribution in [2.45, 2.75) is 25.9 Å². The molecule has 0 aliphatic carbocycles. The molecule has 1 N–H and O–H groups in total. The molecule has 1 aromatic heterocycles. The van der Waals surface area contributed by atoms with Crippen molar-refractivity contribution in [1.82, 2.24) is 15.3 Å². The molecular weight excluding hydrogens is 238 g/mol. The van der Waals surface area contributed by atoms with Gasteiger partial charge in [-0.05, 0) is 13.0 Å². The standard InChI is InChI=1S/C15H17N3O/c1-11-8-17-12(9-16-11)10-18-14-6-7-19-15-5-3-2-4-13(14)15/h2-5,8-9,14,18H,6-7,10H2,1H3. The monoisotopic (exact) mass is 255 g/mol. The van der Waals surface area contributed by atoms with Gasteiger partial charge in [-0.25, -0.2) is 0 Å². The van der Waals surface area contributed by atoms with Crippen LogP contribution in [0.5, 0.6) is 5.75 Å². The number of hydrogen-bond donors (Lipinski definition) is 1. The summed E-state index contributed by atoms with van der Waals surface area (Å²) in [7, 11) is 0. The van der Waals surface area contributed by atoms with Gasteiger partial charge in [0.25, 0.3) is 0 Å². The predicted molar refractivity (Wildman–Crippen MR) is 72.9 cm³/mol. The maximum atomic E-state index is 5.65. The molecule has 4 heteroatoms. The molecule has 0 bridgehead atoms. The summed E-state index contributed by atoms with van der Waals surface area (Å²) in [6.07, 6.45) is 4.61. The first kappa shape index (κ1) is 12.1. The number of aromatic nitrogens is 2. The summed E-state index contributed by atoms with van der Waals surface area (Å²) in [6.45, 7) is 3.43. The molecule has 1 aromatic carbocycles. The zero-order valence-electron chi connectivity index (χ0n) is 11.0. The van der Waals surface area contributed by atoms with E-state index in [9.17, 15) is 0 Å². The van der Waals surface area contributed by atoms with E-state index < -0.39 is 0 Å². The second-order valence-corrected chi connectivity index (χ2v) is 4.76. The lowest BCUT2D eigenvalue weighted by Gasteiger charge is -2.26. The quantitative estimate of drug-likeness (QED) is 0.915. The highest BCUT2D eigenvalue weighted by atomic mass is 16.5. The van der Waals surface area contributed by atoms with E-state index in [4.69, 9.17) is 4.74 Å². The van der Waals surface area contributed by atoms with E-state index in [0.29, 0.717) is 6.04 Å². The second kappa shape index (κ2) is 5.36. The smallest absolute Gasteiger partial charge is 0.124 e. The molecule has 0 fully saturated rings. The third kappa shape index (κ3) is 2.74. The lowest BCUT2D eigenvalue weighted by atomic mass is 10.0. The fraction of sp³-hybridized carbons (Fsp3) is 0.333. The van der Waals surface area contributed by atoms with Gasteiger partial charge < -0.3 is 10.1 Å². The number of nitrogens with one attached hydrogen (secondary N) is 1. The van der Waals surface area contributed by atoms with Crippen molar-refractivity contribution >= 4 is 0 Å². The number of aryl methyl sites for hydroxylation is 1. The fourth-order valence-electron chi connectivity index (χ4n) is 2.29. The molecule has 0 amide bonds. The molecule has 98 valence electrons. The van der Waals surface area contributed by atoms with Gasteiger partial charge in [0.2, 0.25) is 0 Å². The number of ether oxygens (including phenoxy) is 1. The van der Waals surface area contributed by atoms with Crippen LogP contribution < -0.4 is 10.1 Å². The average Bonchev–Trinajstić information content (AvgIpc) is 2.47. The van der Waals surface area contributed by atoms with Crippen LogP contribution in [0.3, 0.4) is 0 Å². The minimum atomic E-state index is 0.327. The Balaban J connectivity index is 1.69. The molecule has 2 aromatic rings. The van der Waals surface area contributed by atoms with Gasteiger partial charge in [-0.1, -0.05) is 18.2 Å². The Morgan fingerprint density at radius 2 is 2.16 bits per heavy atom. The Bertz CT molecular complexity index is 554. The third-order valence-electron chi connectivity index (χ3n) is 3.32. The Hall–Kier alpha value is -1.94. The molecule has 1 aliphatic heterocycles. The zero-order chi connectivity index (χ0) is 13.1. The van der Waals surface area contributed by atoms with Gasteiger partial charge >= 0.3 is 0 Å². The molecule has 0 saturated carbocycles. The maximum absolute atomic E-state index is 5.65. The number of para-hydroxylation sites is 1. The van der Waals surface area contributed by atoms with Crippen molar-refractivity contribution in [2.24, 2.45) is 0 Å². The maximum Gasteiger partial charge on any atom is 0.124 e. The Morgan fingerprint density at radius 3 is 3.00 bits per heavy atom. The van der Waals surface area contributed by atoms with Gasteiger partial charge in [0.05, 0.1) is 18.0 Å². The van der Waals surface area contributed by atoms with Crippen molar-refractivity contribution in [3.05, 3.63) is 53.6 Å². The van der Waals surface area contributed by atoms with Crippen molar-refractivity contribution in [3.8, 4) is 5.75 Å². The van der Waals surface area contributed by atoms with Crippen LogP contribution in [0.1, 0.15) is 29.4 Å². The van der Waals surface area contributed by atoms with Crippen LogP contribution in [0.25, 0.3) is 0 Å². The van der Waals surface area contributed by atoms with Crippen LogP contribution in [0.4, 0.5) is 0 Å². The summed E-state index contributed by atoms with van der Waals surface area (Å²) in [5.74, 6) is 0.987. The van der Waals surface area contributed by atoms with Crippen molar-refractivity contribution in [3.63, 3.8) is 0 Å². The summed E-state index contributed by atoms with van der Waals surface area (Å²) in [6, 6.07) is 8.52. The predicted octanol–water partition coefficient (Wildman–Crippen LogP) is 2.40. The lowest BCUT2D eigenvalue weighted by molar-refractivity contribution is 0.252. The minimum absolute atomic E-state index is 0.327. The third-order valence-corrected chi connectivity index (χ3v) is 3.32. The van der Waals surface area contributed by atoms with E-state index in [0.717, 1.165) is 36.7 Å². The van der Waals surface area contributed by atoms with Gasteiger partial charge in [-0.2, -0.15) is 0 Å². The largest absolute Gasteiger partial charge is 0.493 e. The van der Waals surface area contributed by atoms with E-state index in [-0.39, 0.29) is 0 Å². The van der Waals surface area contributed by atoms with Crippen LogP contribution in [0, 0.1) is 6.92 Å². The van der Waals surface area contributed by atoms with Crippen molar-refractivity contribution in [2.75, 3.05) is 6.61 Å². The molecule has 4 nitrogen and oxygen atoms in total. The zero-order valence-corrected chi connectivity index (χ0v) is 11.0. The Kier molecular flexibility index (Phi) is 3.42. The molecule has 0 saturated heterocycles. The van der Waals surface area contributed by atoms with Crippen LogP contribution in [0.2, 0.25) is 0 Å². The summed E-state index contributed by atoms with van der Waals surface area (Å²) >= 11 is 0. The Labute approximate surface area is 112 Å². The van der Waals surface area contributed by atoms with E-state index >= 15 is 0 Å². The molecule has 0 radical (unpaired) electrons. The molecule has 1 unspecified atom stereocenters. The van der Waals surface area contributed by atoms with Crippen LogP contribution in [-0.2, 0) is 6.54 Å². The van der Waals surface area contributed by atoms with Crippen molar-refractivity contribution in [1.29, 1.82) is 0 Å². The summed E-state index contributed by atoms with van der Waals surface area (Å²) < 4.78 is 5.65. The number of rotatable bonds is 3. The summed E-state index contributed by atoms with van der Waals surface area (Å²) in [5, 5.41) is 3.53. The topological polar surface area (TPSA) is 47.0 Å². The summed E-state index contributed by atoms with van der Waals surface area (Å²) in [5.41, 5.74) is 3.14. The van der Waals surface area contributed by atoms with E-state index in [1.165, 1.54) is 5.56 Å². The van der Waals surface area contributed by atoms with E-state index in [1.807, 2.05) is 31.3 Å². The van der Waals surface area contributed by atoms with Gasteiger partial charge in [-0.3, -0.25) is 9.97 Å². The first-order chi connectivity index (χ1) is 9.33. The molecule has 1 atom stereocenters. The lowest BCUT2D eigenvalue weighted by Crippen LogP contribution is -2.27. The molecule has 0 spiro atoms. The van der Waals surface area contributed by atoms with Crippen LogP contribution >= 0.6 is 0 Å². The van der Waals surface area contributed by atoms with Gasteiger partial charge in [0, 0.05) is 37.0 Å². The van der Waals surface area contributed by atoms with Gasteiger partial charge in [-0.15, -0.1) is 0 Å². The molecule has 1 aliphatic rings. The van der Waals surface area contributed by atoms with Crippen molar-refractivity contribution < 1.29 is 4.74 Å². The highest BCUT2D eigenvalue weighted by Crippen LogP contribution is 2.31. The first-order valence-electron chi connectivity index (χ1n) is 6.55. The van der Waals surface area contributed by atoms with E-state index in [1.54, 1.807) is 6.20 Å². The minimum Gasteiger partial charge on any atom is -0.493 e. The van der Waals surface area contributed by atoms with E-state index in [2.05, 4.69) is 21.4 Å². The second-order valence-electron chi connectivity index (χ2n) is 4.76. The van der Waals surface area contributed by atoms with Crippen LogP contribution in [-0.4, -0.2) is 16.6 Å². The highest BCUT2D eigenvalue weighted by molar-refractivity contribution is 5.37. The number of nitrogens with zero attached hydrogens (tertiary/aromatic N) is 2. The molecular formula is C15H17N3O. The number of hydrogen-bond acceptors (Lipinski definition) is 4. The molecule has 19 heavy (non-hydrogen) atoms. The highest BCUT2D eigenvalue weighted by Gasteiger charge is 2.20. The van der Waals surface area contributed by atoms with Gasteiger partial charge in [0.1, 0.15) is 5.75 Å². The normalized spacial score (nSPS) is 17.6. The number of fused-ring (bicyclic) bond motifs is 1. The Morgan fingerprint density at radius 1 is 1.26 bits per heavy atom. The summed E-state index contributed by atoms with van der Waals surface area (Å²) in [4.78, 5) is 8.62. The van der Waals surface area contributed by atoms with Gasteiger partial charge in [0.15, 0.2) is 0 Å².